The molecule has 2 heterocycles. The van der Waals surface area contributed by atoms with Gasteiger partial charge in [-0.1, -0.05) is 6.58 Å². The molecule has 3 aliphatic rings. The molecule has 1 saturated carbocycles. The van der Waals surface area contributed by atoms with E-state index in [2.05, 4.69) is 6.58 Å². The maximum absolute atomic E-state index is 12.9. The molecule has 3 fully saturated rings. The zero-order valence-electron chi connectivity index (χ0n) is 19.4. The van der Waals surface area contributed by atoms with Gasteiger partial charge in [0.1, 0.15) is 13.2 Å². The Labute approximate surface area is 201 Å². The molecular weight excluding hydrogens is 468 g/mol. The van der Waals surface area contributed by atoms with E-state index in [4.69, 9.17) is 28.4 Å². The summed E-state index contributed by atoms with van der Waals surface area (Å²) in [5.41, 5.74) is 0.185. The lowest BCUT2D eigenvalue weighted by Crippen LogP contribution is -2.42. The largest absolute Gasteiger partial charge is 0.463 e. The molecule has 1 aliphatic carbocycles. The molecule has 2 aliphatic heterocycles. The minimum Gasteiger partial charge on any atom is -0.463 e. The van der Waals surface area contributed by atoms with Crippen LogP contribution in [0.2, 0.25) is 0 Å². The highest BCUT2D eigenvalue weighted by molar-refractivity contribution is 5.87. The van der Waals surface area contributed by atoms with Crippen molar-refractivity contribution in [2.24, 2.45) is 17.8 Å². The fourth-order valence-electron chi connectivity index (χ4n) is 4.07. The SMILES string of the molecule is C=C(C)C(=O)OCCOC(=O)C1CC(C(=O)OC2CCOC2=O)CCC1C(=O)OC1CCOC1=O. The molecule has 0 bridgehead atoms. The summed E-state index contributed by atoms with van der Waals surface area (Å²) in [7, 11) is 0. The standard InChI is InChI=1S/C23H28O12/c1-12(2)18(24)32-9-10-33-20(26)15-11-13(19(25)34-16-5-7-30-22(16)28)3-4-14(15)21(27)35-17-6-8-31-23(17)29/h13-17H,1,3-11H2,2H3. The molecule has 5 atom stereocenters. The predicted molar refractivity (Wildman–Crippen MR) is 112 cm³/mol. The van der Waals surface area contributed by atoms with Crippen LogP contribution < -0.4 is 0 Å². The highest BCUT2D eigenvalue weighted by atomic mass is 16.6. The summed E-state index contributed by atoms with van der Waals surface area (Å²) < 4.78 is 30.2. The second kappa shape index (κ2) is 11.8. The van der Waals surface area contributed by atoms with Gasteiger partial charge in [0.05, 0.1) is 31.0 Å². The fraction of sp³-hybridized carbons (Fsp3) is 0.652. The lowest BCUT2D eigenvalue weighted by Gasteiger charge is -2.32. The van der Waals surface area contributed by atoms with E-state index in [0.717, 1.165) is 0 Å². The van der Waals surface area contributed by atoms with Crippen molar-refractivity contribution in [3.63, 3.8) is 0 Å². The number of ether oxygens (including phenoxy) is 6. The van der Waals surface area contributed by atoms with Gasteiger partial charge in [0, 0.05) is 18.4 Å². The maximum atomic E-state index is 12.9. The third kappa shape index (κ3) is 6.80. The van der Waals surface area contributed by atoms with Crippen LogP contribution in [0, 0.1) is 17.8 Å². The Morgan fingerprint density at radius 2 is 1.37 bits per heavy atom. The molecule has 192 valence electrons. The summed E-state index contributed by atoms with van der Waals surface area (Å²) in [4.78, 5) is 73.1. The van der Waals surface area contributed by atoms with E-state index in [1.165, 1.54) is 6.92 Å². The van der Waals surface area contributed by atoms with Crippen molar-refractivity contribution in [1.82, 2.24) is 0 Å². The van der Waals surface area contributed by atoms with Gasteiger partial charge in [-0.15, -0.1) is 0 Å². The number of esters is 6. The fourth-order valence-corrected chi connectivity index (χ4v) is 4.07. The minimum absolute atomic E-state index is 0.0835. The Morgan fingerprint density at radius 3 is 1.91 bits per heavy atom. The van der Waals surface area contributed by atoms with Gasteiger partial charge >= 0.3 is 35.8 Å². The second-order valence-electron chi connectivity index (χ2n) is 8.57. The van der Waals surface area contributed by atoms with Gasteiger partial charge in [-0.25, -0.2) is 14.4 Å². The van der Waals surface area contributed by atoms with Crippen molar-refractivity contribution >= 4 is 35.8 Å². The molecule has 5 unspecified atom stereocenters. The van der Waals surface area contributed by atoms with Crippen LogP contribution >= 0.6 is 0 Å². The molecule has 0 amide bonds. The summed E-state index contributed by atoms with van der Waals surface area (Å²) in [5, 5.41) is 0. The van der Waals surface area contributed by atoms with Crippen LogP contribution in [0.3, 0.4) is 0 Å². The quantitative estimate of drug-likeness (QED) is 0.187. The van der Waals surface area contributed by atoms with Crippen LogP contribution in [0.15, 0.2) is 12.2 Å². The Balaban J connectivity index is 1.63. The Hall–Kier alpha value is -3.44. The van der Waals surface area contributed by atoms with Crippen LogP contribution in [0.1, 0.15) is 39.0 Å². The maximum Gasteiger partial charge on any atom is 0.347 e. The Bertz CT molecular complexity index is 893. The van der Waals surface area contributed by atoms with Gasteiger partial charge in [0.2, 0.25) is 12.2 Å². The first-order valence-electron chi connectivity index (χ1n) is 11.4. The number of cyclic esters (lactones) is 2. The zero-order chi connectivity index (χ0) is 25.5. The first kappa shape index (κ1) is 26.2. The first-order chi connectivity index (χ1) is 16.7. The van der Waals surface area contributed by atoms with Gasteiger partial charge < -0.3 is 28.4 Å². The number of hydrogen-bond acceptors (Lipinski definition) is 12. The Morgan fingerprint density at radius 1 is 0.800 bits per heavy atom. The highest BCUT2D eigenvalue weighted by Gasteiger charge is 2.46. The van der Waals surface area contributed by atoms with Crippen molar-refractivity contribution in [3.05, 3.63) is 12.2 Å². The summed E-state index contributed by atoms with van der Waals surface area (Å²) in [6.07, 6.45) is -1.36. The average molecular weight is 496 g/mol. The van der Waals surface area contributed by atoms with Crippen LogP contribution in [-0.2, 0) is 57.2 Å². The first-order valence-corrected chi connectivity index (χ1v) is 11.4. The van der Waals surface area contributed by atoms with Crippen LogP contribution in [0.4, 0.5) is 0 Å². The normalized spacial score (nSPS) is 27.9. The van der Waals surface area contributed by atoms with Crippen molar-refractivity contribution < 1.29 is 57.2 Å². The summed E-state index contributed by atoms with van der Waals surface area (Å²) in [6.45, 7) is 4.71. The van der Waals surface area contributed by atoms with Crippen LogP contribution in [0.25, 0.3) is 0 Å². The number of hydrogen-bond donors (Lipinski definition) is 0. The van der Waals surface area contributed by atoms with E-state index in [0.29, 0.717) is 0 Å². The van der Waals surface area contributed by atoms with Gasteiger partial charge in [-0.05, 0) is 26.2 Å². The highest BCUT2D eigenvalue weighted by Crippen LogP contribution is 2.37. The molecule has 3 rings (SSSR count). The van der Waals surface area contributed by atoms with Gasteiger partial charge in [-0.3, -0.25) is 14.4 Å². The van der Waals surface area contributed by atoms with Crippen molar-refractivity contribution in [2.75, 3.05) is 26.4 Å². The lowest BCUT2D eigenvalue weighted by molar-refractivity contribution is -0.174. The molecular formula is C23H28O12. The smallest absolute Gasteiger partial charge is 0.347 e. The number of carbonyl (C=O) groups excluding carboxylic acids is 6. The van der Waals surface area contributed by atoms with E-state index in [1.54, 1.807) is 0 Å². The molecule has 35 heavy (non-hydrogen) atoms. The molecule has 12 heteroatoms. The van der Waals surface area contributed by atoms with Crippen LogP contribution in [-0.4, -0.2) is 74.5 Å². The molecule has 0 aromatic carbocycles. The van der Waals surface area contributed by atoms with Crippen molar-refractivity contribution in [3.8, 4) is 0 Å². The monoisotopic (exact) mass is 496 g/mol. The van der Waals surface area contributed by atoms with Gasteiger partial charge in [0.25, 0.3) is 0 Å². The van der Waals surface area contributed by atoms with Crippen LogP contribution in [0.5, 0.6) is 0 Å². The molecule has 0 radical (unpaired) electrons. The lowest BCUT2D eigenvalue weighted by atomic mass is 9.74. The molecule has 2 saturated heterocycles. The summed E-state index contributed by atoms with van der Waals surface area (Å²) >= 11 is 0. The van der Waals surface area contributed by atoms with Gasteiger partial charge in [-0.2, -0.15) is 0 Å². The molecule has 0 N–H and O–H groups in total. The van der Waals surface area contributed by atoms with Crippen molar-refractivity contribution in [1.29, 1.82) is 0 Å². The number of rotatable bonds is 9. The third-order valence-electron chi connectivity index (χ3n) is 5.99. The Kier molecular flexibility index (Phi) is 8.83. The summed E-state index contributed by atoms with van der Waals surface area (Å²) in [6, 6.07) is 0. The predicted octanol–water partition coefficient (Wildman–Crippen LogP) is 0.399. The molecule has 0 aromatic rings. The molecule has 12 nitrogen and oxygen atoms in total. The minimum atomic E-state index is -1.07. The van der Waals surface area contributed by atoms with E-state index in [9.17, 15) is 28.8 Å². The van der Waals surface area contributed by atoms with E-state index in [-0.39, 0.29) is 64.1 Å². The average Bonchev–Trinajstić information content (AvgIpc) is 3.43. The summed E-state index contributed by atoms with van der Waals surface area (Å²) in [5.74, 6) is -6.95. The van der Waals surface area contributed by atoms with Crippen molar-refractivity contribution in [2.45, 2.75) is 51.2 Å². The topological polar surface area (TPSA) is 158 Å². The molecule has 0 aromatic heterocycles. The number of carbonyl (C=O) groups is 6. The molecule has 0 spiro atoms. The second-order valence-corrected chi connectivity index (χ2v) is 8.57. The van der Waals surface area contributed by atoms with E-state index in [1.807, 2.05) is 0 Å². The van der Waals surface area contributed by atoms with Gasteiger partial charge in [0.15, 0.2) is 0 Å². The van der Waals surface area contributed by atoms with E-state index >= 15 is 0 Å². The zero-order valence-corrected chi connectivity index (χ0v) is 19.4. The third-order valence-corrected chi connectivity index (χ3v) is 5.99. The van der Waals surface area contributed by atoms with E-state index < -0.39 is 65.8 Å².